The minimum absolute atomic E-state index is 0.614. The van der Waals surface area contributed by atoms with Gasteiger partial charge >= 0.3 is 0 Å². The van der Waals surface area contributed by atoms with Crippen LogP contribution in [0.4, 0.5) is 0 Å². The molecule has 1 aliphatic carbocycles. The van der Waals surface area contributed by atoms with Gasteiger partial charge in [-0.2, -0.15) is 0 Å². The number of rotatable bonds is 3. The van der Waals surface area contributed by atoms with E-state index >= 15 is 0 Å². The van der Waals surface area contributed by atoms with E-state index in [0.717, 1.165) is 6.04 Å². The summed E-state index contributed by atoms with van der Waals surface area (Å²) < 4.78 is 0. The minimum Gasteiger partial charge on any atom is -0.315 e. The van der Waals surface area contributed by atoms with Gasteiger partial charge < -0.3 is 10.6 Å². The maximum Gasteiger partial charge on any atom is 0.0204 e. The first-order valence-corrected chi connectivity index (χ1v) is 5.73. The van der Waals surface area contributed by atoms with Crippen LogP contribution in [0.3, 0.4) is 0 Å². The summed E-state index contributed by atoms with van der Waals surface area (Å²) in [6.45, 7) is 6.05. The van der Waals surface area contributed by atoms with Gasteiger partial charge in [0, 0.05) is 19.1 Å². The van der Waals surface area contributed by atoms with Crippen molar-refractivity contribution >= 4 is 0 Å². The van der Waals surface area contributed by atoms with Crippen LogP contribution in [-0.2, 0) is 0 Å². The van der Waals surface area contributed by atoms with E-state index in [2.05, 4.69) is 17.6 Å². The predicted molar refractivity (Wildman–Crippen MR) is 55.9 cm³/mol. The predicted octanol–water partition coefficient (Wildman–Crippen LogP) is 1.52. The monoisotopic (exact) mass is 182 g/mol. The van der Waals surface area contributed by atoms with Gasteiger partial charge in [-0.1, -0.05) is 19.8 Å². The van der Waals surface area contributed by atoms with Crippen molar-refractivity contribution in [3.8, 4) is 0 Å². The summed E-state index contributed by atoms with van der Waals surface area (Å²) in [7, 11) is 0. The quantitative estimate of drug-likeness (QED) is 0.691. The zero-order valence-corrected chi connectivity index (χ0v) is 8.73. The molecule has 1 heterocycles. The zero-order valence-electron chi connectivity index (χ0n) is 8.73. The van der Waals surface area contributed by atoms with Crippen LogP contribution in [0.2, 0.25) is 0 Å². The van der Waals surface area contributed by atoms with E-state index in [1.807, 2.05) is 0 Å². The number of hydrogen-bond donors (Lipinski definition) is 2. The molecule has 1 atom stereocenters. The second-order valence-corrected chi connectivity index (χ2v) is 5.09. The molecular weight excluding hydrogens is 160 g/mol. The lowest BCUT2D eigenvalue weighted by atomic mass is 9.88. The van der Waals surface area contributed by atoms with Gasteiger partial charge in [-0.05, 0) is 31.2 Å². The molecule has 2 N–H and O–H groups in total. The molecule has 1 aliphatic heterocycles. The third-order valence-corrected chi connectivity index (χ3v) is 3.69. The van der Waals surface area contributed by atoms with Crippen LogP contribution in [0.25, 0.3) is 0 Å². The van der Waals surface area contributed by atoms with Gasteiger partial charge in [0.15, 0.2) is 0 Å². The first-order valence-electron chi connectivity index (χ1n) is 5.73. The molecule has 2 rings (SSSR count). The van der Waals surface area contributed by atoms with Crippen LogP contribution in [-0.4, -0.2) is 25.7 Å². The Kier molecular flexibility index (Phi) is 2.89. The molecule has 0 aromatic rings. The van der Waals surface area contributed by atoms with Crippen LogP contribution < -0.4 is 10.6 Å². The molecule has 13 heavy (non-hydrogen) atoms. The van der Waals surface area contributed by atoms with Gasteiger partial charge in [0.1, 0.15) is 0 Å². The van der Waals surface area contributed by atoms with E-state index in [-0.39, 0.29) is 0 Å². The van der Waals surface area contributed by atoms with E-state index in [9.17, 15) is 0 Å². The summed E-state index contributed by atoms with van der Waals surface area (Å²) in [6.07, 6.45) is 7.07. The van der Waals surface area contributed by atoms with Crippen LogP contribution >= 0.6 is 0 Å². The van der Waals surface area contributed by atoms with E-state index < -0.39 is 0 Å². The highest BCUT2D eigenvalue weighted by atomic mass is 15.0. The molecule has 0 bridgehead atoms. The van der Waals surface area contributed by atoms with Crippen molar-refractivity contribution in [2.24, 2.45) is 5.41 Å². The lowest BCUT2D eigenvalue weighted by Gasteiger charge is -2.25. The Balaban J connectivity index is 1.71. The molecule has 1 saturated carbocycles. The fourth-order valence-electron chi connectivity index (χ4n) is 2.62. The first-order chi connectivity index (χ1) is 6.29. The van der Waals surface area contributed by atoms with E-state index in [0.29, 0.717) is 5.41 Å². The van der Waals surface area contributed by atoms with Crippen LogP contribution in [0.15, 0.2) is 0 Å². The second kappa shape index (κ2) is 3.97. The molecule has 76 valence electrons. The number of hydrogen-bond acceptors (Lipinski definition) is 2. The Morgan fingerprint density at radius 1 is 1.38 bits per heavy atom. The normalized spacial score (nSPS) is 32.5. The SMILES string of the molecule is CC1(CNC2CCNC2)CCCC1. The van der Waals surface area contributed by atoms with Crippen LogP contribution in [0.1, 0.15) is 39.0 Å². The fraction of sp³-hybridized carbons (Fsp3) is 1.00. The Morgan fingerprint density at radius 3 is 2.77 bits per heavy atom. The first kappa shape index (κ1) is 9.47. The fourth-order valence-corrected chi connectivity index (χ4v) is 2.62. The Morgan fingerprint density at radius 2 is 2.15 bits per heavy atom. The van der Waals surface area contributed by atoms with Gasteiger partial charge in [-0.15, -0.1) is 0 Å². The van der Waals surface area contributed by atoms with Gasteiger partial charge in [-0.3, -0.25) is 0 Å². The van der Waals surface area contributed by atoms with E-state index in [1.165, 1.54) is 51.7 Å². The maximum atomic E-state index is 3.70. The van der Waals surface area contributed by atoms with Crippen molar-refractivity contribution in [3.05, 3.63) is 0 Å². The van der Waals surface area contributed by atoms with E-state index in [1.54, 1.807) is 0 Å². The molecule has 0 aromatic heterocycles. The lowest BCUT2D eigenvalue weighted by Crippen LogP contribution is -2.38. The molecular formula is C11H22N2. The molecule has 2 nitrogen and oxygen atoms in total. The molecule has 2 aliphatic rings. The second-order valence-electron chi connectivity index (χ2n) is 5.09. The molecule has 0 radical (unpaired) electrons. The summed E-state index contributed by atoms with van der Waals surface area (Å²) in [6, 6.07) is 0.748. The van der Waals surface area contributed by atoms with Crippen molar-refractivity contribution < 1.29 is 0 Å². The topological polar surface area (TPSA) is 24.1 Å². The van der Waals surface area contributed by atoms with Crippen molar-refractivity contribution in [3.63, 3.8) is 0 Å². The molecule has 2 heteroatoms. The molecule has 1 unspecified atom stereocenters. The molecule has 0 amide bonds. The van der Waals surface area contributed by atoms with Crippen molar-refractivity contribution in [1.82, 2.24) is 10.6 Å². The van der Waals surface area contributed by atoms with Crippen molar-refractivity contribution in [2.45, 2.75) is 45.1 Å². The highest BCUT2D eigenvalue weighted by molar-refractivity contribution is 4.85. The Bertz CT molecular complexity index is 155. The summed E-state index contributed by atoms with van der Waals surface area (Å²) in [4.78, 5) is 0. The Hall–Kier alpha value is -0.0800. The smallest absolute Gasteiger partial charge is 0.0204 e. The van der Waals surface area contributed by atoms with Crippen molar-refractivity contribution in [1.29, 1.82) is 0 Å². The molecule has 1 saturated heterocycles. The third-order valence-electron chi connectivity index (χ3n) is 3.69. The third kappa shape index (κ3) is 2.44. The molecule has 2 fully saturated rings. The minimum atomic E-state index is 0.614. The largest absolute Gasteiger partial charge is 0.315 e. The highest BCUT2D eigenvalue weighted by Crippen LogP contribution is 2.36. The zero-order chi connectivity index (χ0) is 9.15. The Labute approximate surface area is 81.5 Å². The standard InChI is InChI=1S/C11H22N2/c1-11(5-2-3-6-11)9-13-10-4-7-12-8-10/h10,12-13H,2-9H2,1H3. The average Bonchev–Trinajstić information content (AvgIpc) is 2.72. The van der Waals surface area contributed by atoms with Crippen LogP contribution in [0.5, 0.6) is 0 Å². The summed E-state index contributed by atoms with van der Waals surface area (Å²) >= 11 is 0. The van der Waals surface area contributed by atoms with Crippen LogP contribution in [0, 0.1) is 5.41 Å². The average molecular weight is 182 g/mol. The molecule has 0 spiro atoms. The van der Waals surface area contributed by atoms with Gasteiger partial charge in [0.05, 0.1) is 0 Å². The summed E-state index contributed by atoms with van der Waals surface area (Å²) in [5.74, 6) is 0. The van der Waals surface area contributed by atoms with Gasteiger partial charge in [-0.25, -0.2) is 0 Å². The number of nitrogens with one attached hydrogen (secondary N) is 2. The van der Waals surface area contributed by atoms with Gasteiger partial charge in [0.25, 0.3) is 0 Å². The molecule has 0 aromatic carbocycles. The highest BCUT2D eigenvalue weighted by Gasteiger charge is 2.29. The van der Waals surface area contributed by atoms with Gasteiger partial charge in [0.2, 0.25) is 0 Å². The van der Waals surface area contributed by atoms with E-state index in [4.69, 9.17) is 0 Å². The lowest BCUT2D eigenvalue weighted by molar-refractivity contribution is 0.300. The summed E-state index contributed by atoms with van der Waals surface area (Å²) in [5, 5.41) is 7.10. The van der Waals surface area contributed by atoms with Crippen molar-refractivity contribution in [2.75, 3.05) is 19.6 Å². The maximum absolute atomic E-state index is 3.70. The summed E-state index contributed by atoms with van der Waals surface area (Å²) in [5.41, 5.74) is 0.614.